The molecule has 4 rings (SSSR count). The Bertz CT molecular complexity index is 743. The third-order valence-corrected chi connectivity index (χ3v) is 3.04. The normalized spacial score (nSPS) is 12.7. The molecule has 0 spiro atoms. The molecule has 0 amide bonds. The Balaban J connectivity index is 0.000000205. The Morgan fingerprint density at radius 2 is 2.05 bits per heavy atom. The molecule has 0 saturated heterocycles. The number of carbonyl (C=O) groups excluding carboxylic acids is 1. The van der Waals surface area contributed by atoms with E-state index in [9.17, 15) is 4.79 Å². The average molecular weight is 263 g/mol. The second-order valence-corrected chi connectivity index (χ2v) is 4.41. The molecule has 0 bridgehead atoms. The van der Waals surface area contributed by atoms with Gasteiger partial charge in [0, 0.05) is 29.8 Å². The number of para-hydroxylation sites is 1. The highest BCUT2D eigenvalue weighted by Crippen LogP contribution is 2.22. The zero-order valence-electron chi connectivity index (χ0n) is 10.8. The minimum absolute atomic E-state index is 0.158. The summed E-state index contributed by atoms with van der Waals surface area (Å²) in [6.45, 7) is 0. The molecule has 4 heteroatoms. The van der Waals surface area contributed by atoms with Crippen LogP contribution >= 0.6 is 0 Å². The number of nitrogens with zero attached hydrogens (tertiary/aromatic N) is 2. The van der Waals surface area contributed by atoms with Crippen LogP contribution in [0.4, 0.5) is 0 Å². The van der Waals surface area contributed by atoms with E-state index >= 15 is 0 Å². The van der Waals surface area contributed by atoms with Gasteiger partial charge in [0.1, 0.15) is 0 Å². The lowest BCUT2D eigenvalue weighted by molar-refractivity contribution is 0.0994. The summed E-state index contributed by atoms with van der Waals surface area (Å²) >= 11 is 0. The van der Waals surface area contributed by atoms with E-state index in [-0.39, 0.29) is 5.78 Å². The van der Waals surface area contributed by atoms with Crippen LogP contribution in [-0.4, -0.2) is 21.0 Å². The van der Waals surface area contributed by atoms with E-state index in [0.29, 0.717) is 6.42 Å². The SMILES string of the molecule is O=C1CC=Cc2nc3ccccc3cc21.c1cn[nH]c1. The van der Waals surface area contributed by atoms with Gasteiger partial charge in [-0.1, -0.05) is 24.3 Å². The van der Waals surface area contributed by atoms with Crippen LogP contribution in [0.3, 0.4) is 0 Å². The van der Waals surface area contributed by atoms with Crippen molar-refractivity contribution in [1.29, 1.82) is 0 Å². The topological polar surface area (TPSA) is 58.6 Å². The lowest BCUT2D eigenvalue weighted by Gasteiger charge is -2.09. The van der Waals surface area contributed by atoms with Crippen molar-refractivity contribution in [1.82, 2.24) is 15.2 Å². The van der Waals surface area contributed by atoms with E-state index in [4.69, 9.17) is 0 Å². The second kappa shape index (κ2) is 5.48. The first kappa shape index (κ1) is 12.3. The number of rotatable bonds is 0. The monoisotopic (exact) mass is 263 g/mol. The number of Topliss-reactive ketones (excluding diaryl/α,β-unsaturated/α-hetero) is 1. The number of hydrogen-bond acceptors (Lipinski definition) is 3. The first-order valence-corrected chi connectivity index (χ1v) is 6.38. The molecule has 0 radical (unpaired) electrons. The average Bonchev–Trinajstić information content (AvgIpc) is 3.05. The Morgan fingerprint density at radius 3 is 2.80 bits per heavy atom. The van der Waals surface area contributed by atoms with Crippen molar-refractivity contribution in [3.05, 3.63) is 66.1 Å². The predicted octanol–water partition coefficient (Wildman–Crippen LogP) is 3.24. The number of pyridine rings is 1. The van der Waals surface area contributed by atoms with Crippen LogP contribution in [-0.2, 0) is 0 Å². The van der Waals surface area contributed by atoms with Crippen molar-refractivity contribution >= 4 is 22.8 Å². The first-order valence-electron chi connectivity index (χ1n) is 6.38. The van der Waals surface area contributed by atoms with E-state index in [1.54, 1.807) is 12.4 Å². The van der Waals surface area contributed by atoms with Gasteiger partial charge in [-0.25, -0.2) is 4.98 Å². The summed E-state index contributed by atoms with van der Waals surface area (Å²) in [7, 11) is 0. The fraction of sp³-hybridized carbons (Fsp3) is 0.0625. The molecule has 2 aromatic heterocycles. The minimum atomic E-state index is 0.158. The van der Waals surface area contributed by atoms with Crippen molar-refractivity contribution in [2.45, 2.75) is 6.42 Å². The van der Waals surface area contributed by atoms with Gasteiger partial charge in [-0.3, -0.25) is 9.89 Å². The Morgan fingerprint density at radius 1 is 1.15 bits per heavy atom. The highest BCUT2D eigenvalue weighted by Gasteiger charge is 2.14. The van der Waals surface area contributed by atoms with Gasteiger partial charge >= 0.3 is 0 Å². The molecule has 4 nitrogen and oxygen atoms in total. The van der Waals surface area contributed by atoms with Gasteiger partial charge in [-0.15, -0.1) is 0 Å². The summed E-state index contributed by atoms with van der Waals surface area (Å²) in [5, 5.41) is 7.24. The van der Waals surface area contributed by atoms with Crippen molar-refractivity contribution < 1.29 is 4.79 Å². The van der Waals surface area contributed by atoms with Gasteiger partial charge in [-0.2, -0.15) is 5.10 Å². The molecule has 0 aliphatic heterocycles. The zero-order valence-corrected chi connectivity index (χ0v) is 10.8. The number of carbonyl (C=O) groups is 1. The molecular weight excluding hydrogens is 250 g/mol. The Labute approximate surface area is 116 Å². The number of nitrogens with one attached hydrogen (secondary N) is 1. The highest BCUT2D eigenvalue weighted by molar-refractivity contribution is 6.04. The van der Waals surface area contributed by atoms with Gasteiger partial charge in [0.25, 0.3) is 0 Å². The highest BCUT2D eigenvalue weighted by atomic mass is 16.1. The second-order valence-electron chi connectivity index (χ2n) is 4.41. The zero-order chi connectivity index (χ0) is 13.8. The number of ketones is 1. The maximum Gasteiger partial charge on any atom is 0.168 e. The van der Waals surface area contributed by atoms with E-state index < -0.39 is 0 Å². The number of allylic oxidation sites excluding steroid dienone is 1. The van der Waals surface area contributed by atoms with Gasteiger partial charge in [-0.05, 0) is 24.3 Å². The molecule has 98 valence electrons. The maximum absolute atomic E-state index is 11.6. The third-order valence-electron chi connectivity index (χ3n) is 3.04. The van der Waals surface area contributed by atoms with E-state index in [1.165, 1.54) is 0 Å². The number of benzene rings is 1. The summed E-state index contributed by atoms with van der Waals surface area (Å²) in [5.74, 6) is 0.158. The Kier molecular flexibility index (Phi) is 3.37. The van der Waals surface area contributed by atoms with Gasteiger partial charge in [0.05, 0.1) is 11.2 Å². The van der Waals surface area contributed by atoms with Crippen LogP contribution in [0.1, 0.15) is 22.5 Å². The van der Waals surface area contributed by atoms with Crippen molar-refractivity contribution in [2.75, 3.05) is 0 Å². The number of aromatic nitrogens is 3. The molecule has 3 aromatic rings. The fourth-order valence-electron chi connectivity index (χ4n) is 2.08. The summed E-state index contributed by atoms with van der Waals surface area (Å²) < 4.78 is 0. The number of hydrogen-bond donors (Lipinski definition) is 1. The van der Waals surface area contributed by atoms with Crippen LogP contribution in [0.15, 0.2) is 54.9 Å². The summed E-state index contributed by atoms with van der Waals surface area (Å²) in [6.07, 6.45) is 7.74. The molecular formula is C16H13N3O. The predicted molar refractivity (Wildman–Crippen MR) is 78.3 cm³/mol. The summed E-state index contributed by atoms with van der Waals surface area (Å²) in [5.41, 5.74) is 2.48. The number of aromatic amines is 1. The smallest absolute Gasteiger partial charge is 0.168 e. The largest absolute Gasteiger partial charge is 0.294 e. The molecule has 0 saturated carbocycles. The number of fused-ring (bicyclic) bond motifs is 2. The molecule has 1 N–H and O–H groups in total. The van der Waals surface area contributed by atoms with E-state index in [2.05, 4.69) is 15.2 Å². The van der Waals surface area contributed by atoms with Gasteiger partial charge in [0.2, 0.25) is 0 Å². The molecule has 0 unspecified atom stereocenters. The van der Waals surface area contributed by atoms with Crippen LogP contribution in [0.2, 0.25) is 0 Å². The molecule has 20 heavy (non-hydrogen) atoms. The third kappa shape index (κ3) is 2.49. The Hall–Kier alpha value is -2.75. The molecule has 0 fully saturated rings. The van der Waals surface area contributed by atoms with Crippen LogP contribution in [0.25, 0.3) is 17.0 Å². The van der Waals surface area contributed by atoms with Crippen LogP contribution in [0, 0.1) is 0 Å². The number of H-pyrrole nitrogens is 1. The van der Waals surface area contributed by atoms with Crippen LogP contribution < -0.4 is 0 Å². The molecule has 1 aliphatic carbocycles. The van der Waals surface area contributed by atoms with E-state index in [1.807, 2.05) is 48.6 Å². The molecule has 1 aromatic carbocycles. The standard InChI is InChI=1S/C13H9NO.C3H4N2/c15-13-7-3-6-12-10(13)8-9-4-1-2-5-11(9)14-12;1-2-4-5-3-1/h1-6,8H,7H2;1-3H,(H,4,5). The minimum Gasteiger partial charge on any atom is -0.294 e. The first-order chi connectivity index (χ1) is 9.84. The van der Waals surface area contributed by atoms with Crippen molar-refractivity contribution in [2.24, 2.45) is 0 Å². The maximum atomic E-state index is 11.6. The molecule has 1 aliphatic rings. The summed E-state index contributed by atoms with van der Waals surface area (Å²) in [6, 6.07) is 11.6. The molecule has 0 atom stereocenters. The van der Waals surface area contributed by atoms with Crippen molar-refractivity contribution in [3.8, 4) is 0 Å². The van der Waals surface area contributed by atoms with Gasteiger partial charge < -0.3 is 0 Å². The van der Waals surface area contributed by atoms with E-state index in [0.717, 1.165) is 22.2 Å². The van der Waals surface area contributed by atoms with Gasteiger partial charge in [0.15, 0.2) is 5.78 Å². The lowest BCUT2D eigenvalue weighted by Crippen LogP contribution is -2.06. The quantitative estimate of drug-likeness (QED) is 0.677. The lowest BCUT2D eigenvalue weighted by atomic mass is 9.99. The fourth-order valence-corrected chi connectivity index (χ4v) is 2.08. The van der Waals surface area contributed by atoms with Crippen LogP contribution in [0.5, 0.6) is 0 Å². The van der Waals surface area contributed by atoms with Crippen molar-refractivity contribution in [3.63, 3.8) is 0 Å². The summed E-state index contributed by atoms with van der Waals surface area (Å²) in [4.78, 5) is 16.1. The molecule has 2 heterocycles.